The van der Waals surface area contributed by atoms with Crippen LogP contribution in [-0.4, -0.2) is 35.9 Å². The Labute approximate surface area is 126 Å². The number of ether oxygens (including phenoxy) is 2. The minimum Gasteiger partial charge on any atom is -0.497 e. The molecule has 0 bridgehead atoms. The molecule has 2 N–H and O–H groups in total. The van der Waals surface area contributed by atoms with E-state index in [1.54, 1.807) is 59.1 Å². The van der Waals surface area contributed by atoms with Crippen LogP contribution in [0.4, 0.5) is 0 Å². The van der Waals surface area contributed by atoms with Crippen molar-refractivity contribution in [2.75, 3.05) is 13.7 Å². The van der Waals surface area contributed by atoms with Gasteiger partial charge in [-0.05, 0) is 52.0 Å². The van der Waals surface area contributed by atoms with Gasteiger partial charge in [0, 0.05) is 0 Å². The largest absolute Gasteiger partial charge is 0.497 e. The van der Waals surface area contributed by atoms with Crippen LogP contribution in [-0.2, 0) is 4.79 Å². The first-order valence-electron chi connectivity index (χ1n) is 6.96. The van der Waals surface area contributed by atoms with E-state index in [-0.39, 0.29) is 18.9 Å². The second-order valence-electron chi connectivity index (χ2n) is 6.01. The number of methoxy groups -OCH3 is 1. The average molecular weight is 295 g/mol. The number of hydrogen-bond acceptors (Lipinski definition) is 4. The van der Waals surface area contributed by atoms with E-state index in [2.05, 4.69) is 5.32 Å². The fraction of sp³-hybridized carbons (Fsp3) is 0.562. The van der Waals surface area contributed by atoms with E-state index in [1.165, 1.54) is 0 Å². The molecule has 118 valence electrons. The molecule has 1 rings (SSSR count). The summed E-state index contributed by atoms with van der Waals surface area (Å²) in [6.07, 6.45) is 0.228. The van der Waals surface area contributed by atoms with Gasteiger partial charge in [-0.3, -0.25) is 4.79 Å². The second kappa shape index (κ2) is 6.80. The Morgan fingerprint density at radius 2 is 1.67 bits per heavy atom. The van der Waals surface area contributed by atoms with E-state index in [1.807, 2.05) is 0 Å². The molecule has 0 saturated heterocycles. The van der Waals surface area contributed by atoms with Crippen LogP contribution in [0.5, 0.6) is 11.5 Å². The summed E-state index contributed by atoms with van der Waals surface area (Å²) in [4.78, 5) is 11.9. The molecule has 1 aromatic carbocycles. The molecule has 0 saturated carbocycles. The van der Waals surface area contributed by atoms with Crippen molar-refractivity contribution in [2.45, 2.75) is 45.3 Å². The molecule has 0 aliphatic heterocycles. The Hall–Kier alpha value is -1.75. The SMILES string of the molecule is COc1ccc(OCCC(=O)NC(C)(C)C(C)(C)O)cc1. The third kappa shape index (κ3) is 5.27. The fourth-order valence-corrected chi connectivity index (χ4v) is 1.50. The third-order valence-electron chi connectivity index (χ3n) is 3.64. The predicted octanol–water partition coefficient (Wildman–Crippen LogP) is 2.13. The first kappa shape index (κ1) is 17.3. The molecule has 0 aliphatic carbocycles. The lowest BCUT2D eigenvalue weighted by atomic mass is 9.86. The summed E-state index contributed by atoms with van der Waals surface area (Å²) < 4.78 is 10.6. The number of aliphatic hydroxyl groups is 1. The van der Waals surface area contributed by atoms with Crippen molar-refractivity contribution in [3.05, 3.63) is 24.3 Å². The highest BCUT2D eigenvalue weighted by Crippen LogP contribution is 2.20. The van der Waals surface area contributed by atoms with Crippen molar-refractivity contribution in [1.82, 2.24) is 5.32 Å². The molecule has 1 amide bonds. The third-order valence-corrected chi connectivity index (χ3v) is 3.64. The molecule has 5 nitrogen and oxygen atoms in total. The minimum atomic E-state index is -1.00. The van der Waals surface area contributed by atoms with Gasteiger partial charge in [-0.15, -0.1) is 0 Å². The van der Waals surface area contributed by atoms with Crippen LogP contribution in [0.15, 0.2) is 24.3 Å². The summed E-state index contributed by atoms with van der Waals surface area (Å²) >= 11 is 0. The first-order valence-corrected chi connectivity index (χ1v) is 6.96. The lowest BCUT2D eigenvalue weighted by Crippen LogP contribution is -2.57. The van der Waals surface area contributed by atoms with Crippen molar-refractivity contribution in [3.8, 4) is 11.5 Å². The van der Waals surface area contributed by atoms with Gasteiger partial charge in [0.1, 0.15) is 11.5 Å². The summed E-state index contributed by atoms with van der Waals surface area (Å²) in [7, 11) is 1.60. The summed E-state index contributed by atoms with van der Waals surface area (Å²) in [5.41, 5.74) is -1.70. The Morgan fingerprint density at radius 3 is 2.14 bits per heavy atom. The number of rotatable bonds is 7. The van der Waals surface area contributed by atoms with E-state index < -0.39 is 11.1 Å². The Morgan fingerprint density at radius 1 is 1.14 bits per heavy atom. The molecule has 0 aliphatic rings. The normalized spacial score (nSPS) is 11.9. The van der Waals surface area contributed by atoms with Gasteiger partial charge in [-0.1, -0.05) is 0 Å². The average Bonchev–Trinajstić information content (AvgIpc) is 2.37. The van der Waals surface area contributed by atoms with Gasteiger partial charge in [-0.25, -0.2) is 0 Å². The second-order valence-corrected chi connectivity index (χ2v) is 6.01. The molecule has 0 fully saturated rings. The molecule has 0 atom stereocenters. The molecule has 21 heavy (non-hydrogen) atoms. The van der Waals surface area contributed by atoms with Crippen molar-refractivity contribution in [3.63, 3.8) is 0 Å². The van der Waals surface area contributed by atoms with E-state index in [0.29, 0.717) is 5.75 Å². The van der Waals surface area contributed by atoms with E-state index >= 15 is 0 Å². The first-order chi connectivity index (χ1) is 9.65. The quantitative estimate of drug-likeness (QED) is 0.808. The molecule has 0 unspecified atom stereocenters. The molecule has 1 aromatic rings. The number of benzene rings is 1. The van der Waals surface area contributed by atoms with Crippen LogP contribution in [0.1, 0.15) is 34.1 Å². The van der Waals surface area contributed by atoms with Crippen molar-refractivity contribution in [1.29, 1.82) is 0 Å². The Balaban J connectivity index is 2.40. The van der Waals surface area contributed by atoms with Gasteiger partial charge in [-0.2, -0.15) is 0 Å². The van der Waals surface area contributed by atoms with Crippen molar-refractivity contribution < 1.29 is 19.4 Å². The highest BCUT2D eigenvalue weighted by molar-refractivity contribution is 5.77. The summed E-state index contributed by atoms with van der Waals surface area (Å²) in [5, 5.41) is 12.8. The van der Waals surface area contributed by atoms with Gasteiger partial charge < -0.3 is 19.9 Å². The van der Waals surface area contributed by atoms with Crippen LogP contribution in [0.25, 0.3) is 0 Å². The fourth-order valence-electron chi connectivity index (χ4n) is 1.50. The highest BCUT2D eigenvalue weighted by atomic mass is 16.5. The van der Waals surface area contributed by atoms with E-state index in [4.69, 9.17) is 9.47 Å². The predicted molar refractivity (Wildman–Crippen MR) is 81.6 cm³/mol. The van der Waals surface area contributed by atoms with Crippen LogP contribution in [0, 0.1) is 0 Å². The lowest BCUT2D eigenvalue weighted by Gasteiger charge is -2.38. The van der Waals surface area contributed by atoms with Crippen molar-refractivity contribution in [2.24, 2.45) is 0 Å². The number of hydrogen-bond donors (Lipinski definition) is 2. The summed E-state index contributed by atoms with van der Waals surface area (Å²) in [6, 6.07) is 7.18. The maximum Gasteiger partial charge on any atom is 0.223 e. The monoisotopic (exact) mass is 295 g/mol. The zero-order chi connectivity index (χ0) is 16.1. The minimum absolute atomic E-state index is 0.157. The van der Waals surface area contributed by atoms with Crippen LogP contribution in [0.2, 0.25) is 0 Å². The number of nitrogens with one attached hydrogen (secondary N) is 1. The summed E-state index contributed by atoms with van der Waals surface area (Å²) in [6.45, 7) is 7.19. The highest BCUT2D eigenvalue weighted by Gasteiger charge is 2.36. The lowest BCUT2D eigenvalue weighted by molar-refractivity contribution is -0.126. The van der Waals surface area contributed by atoms with E-state index in [9.17, 15) is 9.90 Å². The molecule has 0 aromatic heterocycles. The van der Waals surface area contributed by atoms with Crippen LogP contribution >= 0.6 is 0 Å². The standard InChI is InChI=1S/C16H25NO4/c1-15(2,16(3,4)19)17-14(18)10-11-21-13-8-6-12(20-5)7-9-13/h6-9,19H,10-11H2,1-5H3,(H,17,18). The summed E-state index contributed by atoms with van der Waals surface area (Å²) in [5.74, 6) is 1.29. The van der Waals surface area contributed by atoms with Gasteiger partial charge >= 0.3 is 0 Å². The number of carbonyl (C=O) groups excluding carboxylic acids is 1. The molecular weight excluding hydrogens is 270 g/mol. The van der Waals surface area contributed by atoms with Gasteiger partial charge in [0.2, 0.25) is 5.91 Å². The Bertz CT molecular complexity index is 460. The smallest absolute Gasteiger partial charge is 0.223 e. The molecule has 0 radical (unpaired) electrons. The van der Waals surface area contributed by atoms with Crippen molar-refractivity contribution >= 4 is 5.91 Å². The number of amides is 1. The van der Waals surface area contributed by atoms with Gasteiger partial charge in [0.25, 0.3) is 0 Å². The molecule has 0 heterocycles. The molecular formula is C16H25NO4. The molecule has 5 heteroatoms. The topological polar surface area (TPSA) is 67.8 Å². The maximum absolute atomic E-state index is 11.9. The zero-order valence-electron chi connectivity index (χ0n) is 13.4. The zero-order valence-corrected chi connectivity index (χ0v) is 13.4. The Kier molecular flexibility index (Phi) is 5.61. The molecule has 0 spiro atoms. The maximum atomic E-state index is 11.9. The van der Waals surface area contributed by atoms with Gasteiger partial charge in [0.05, 0.1) is 31.3 Å². The number of carbonyl (C=O) groups is 1. The van der Waals surface area contributed by atoms with Gasteiger partial charge in [0.15, 0.2) is 0 Å². The van der Waals surface area contributed by atoms with Crippen LogP contribution < -0.4 is 14.8 Å². The van der Waals surface area contributed by atoms with E-state index in [0.717, 1.165) is 5.75 Å². The van der Waals surface area contributed by atoms with Crippen LogP contribution in [0.3, 0.4) is 0 Å².